The first kappa shape index (κ1) is 32.9. The summed E-state index contributed by atoms with van der Waals surface area (Å²) < 4.78 is 10.5. The molecule has 1 unspecified atom stereocenters. The summed E-state index contributed by atoms with van der Waals surface area (Å²) in [6.07, 6.45) is 7.56. The lowest BCUT2D eigenvalue weighted by atomic mass is 9.99. The third kappa shape index (κ3) is 11.4. The molecular weight excluding hydrogens is 508 g/mol. The number of nitro groups is 1. The molecule has 0 radical (unpaired) electrons. The smallest absolute Gasteiger partial charge is 0.271 e. The van der Waals surface area contributed by atoms with Crippen LogP contribution in [0.4, 0.5) is 11.4 Å². The van der Waals surface area contributed by atoms with Gasteiger partial charge < -0.3 is 35.2 Å². The number of amides is 1. The molecule has 1 saturated heterocycles. The zero-order valence-electron chi connectivity index (χ0n) is 23.0. The minimum atomic E-state index is -1.94. The lowest BCUT2D eigenvalue weighted by molar-refractivity contribution is -0.530. The number of ether oxygens (including phenoxy) is 2. The molecule has 1 heterocycles. The van der Waals surface area contributed by atoms with Gasteiger partial charge in [0, 0.05) is 24.8 Å². The highest BCUT2D eigenvalue weighted by atomic mass is 16.7. The number of benzene rings is 1. The Morgan fingerprint density at radius 2 is 1.54 bits per heavy atom. The number of nitro benzene ring substituents is 1. The summed E-state index contributed by atoms with van der Waals surface area (Å²) in [6.45, 7) is 1.56. The molecule has 2 rings (SSSR count). The third-order valence-electron chi connectivity index (χ3n) is 7.04. The van der Waals surface area contributed by atoms with Crippen molar-refractivity contribution in [2.24, 2.45) is 0 Å². The number of anilines is 1. The van der Waals surface area contributed by atoms with Gasteiger partial charge in [-0.3, -0.25) is 14.9 Å². The van der Waals surface area contributed by atoms with Gasteiger partial charge in [-0.15, -0.1) is 0 Å². The fourth-order valence-electron chi connectivity index (χ4n) is 4.68. The van der Waals surface area contributed by atoms with E-state index in [1.807, 2.05) is 0 Å². The van der Waals surface area contributed by atoms with Gasteiger partial charge in [-0.2, -0.15) is 0 Å². The molecule has 4 N–H and O–H groups in total. The predicted octanol–water partition coefficient (Wildman–Crippen LogP) is 3.56. The summed E-state index contributed by atoms with van der Waals surface area (Å²) in [5.74, 6) is -0.439. The number of carbonyl (C=O) groups excluding carboxylic acids is 1. The Morgan fingerprint density at radius 1 is 0.974 bits per heavy atom. The number of carbonyl (C=O) groups is 1. The van der Waals surface area contributed by atoms with Gasteiger partial charge in [0.15, 0.2) is 0 Å². The molecular formula is C28H45N2O9-. The van der Waals surface area contributed by atoms with Crippen molar-refractivity contribution in [3.63, 3.8) is 0 Å². The Labute approximate surface area is 230 Å². The minimum Gasteiger partial charge on any atom is -0.828 e. The number of aliphatic hydroxyl groups is 3. The number of aliphatic hydroxyl groups excluding tert-OH is 3. The number of hydrogen-bond acceptors (Lipinski definition) is 9. The maximum absolute atomic E-state index is 12.6. The molecule has 1 fully saturated rings. The van der Waals surface area contributed by atoms with Gasteiger partial charge >= 0.3 is 0 Å². The fourth-order valence-corrected chi connectivity index (χ4v) is 4.68. The largest absolute Gasteiger partial charge is 0.828 e. The fraction of sp³-hybridized carbons (Fsp3) is 0.750. The molecule has 0 saturated carbocycles. The van der Waals surface area contributed by atoms with Crippen molar-refractivity contribution in [1.29, 1.82) is 0 Å². The van der Waals surface area contributed by atoms with Gasteiger partial charge in [0.25, 0.3) is 5.69 Å². The van der Waals surface area contributed by atoms with Crippen molar-refractivity contribution in [2.45, 2.75) is 128 Å². The normalized spacial score (nSPS) is 22.9. The molecule has 1 amide bonds. The summed E-state index contributed by atoms with van der Waals surface area (Å²) in [5, 5.41) is 55.8. The zero-order chi connectivity index (χ0) is 28.6. The van der Waals surface area contributed by atoms with Crippen LogP contribution in [0.1, 0.15) is 96.8 Å². The highest BCUT2D eigenvalue weighted by Gasteiger charge is 2.41. The van der Waals surface area contributed by atoms with E-state index >= 15 is 0 Å². The molecule has 5 atom stereocenters. The summed E-state index contributed by atoms with van der Waals surface area (Å²) in [7, 11) is 0. The van der Waals surface area contributed by atoms with Crippen LogP contribution in [0.15, 0.2) is 18.2 Å². The van der Waals surface area contributed by atoms with Gasteiger partial charge in [0.1, 0.15) is 30.2 Å². The molecule has 1 aliphatic rings. The average Bonchev–Trinajstić information content (AvgIpc) is 2.91. The molecule has 0 spiro atoms. The van der Waals surface area contributed by atoms with Crippen LogP contribution in [0.3, 0.4) is 0 Å². The first-order valence-corrected chi connectivity index (χ1v) is 14.3. The van der Waals surface area contributed by atoms with Crippen molar-refractivity contribution in [2.75, 3.05) is 11.9 Å². The van der Waals surface area contributed by atoms with Gasteiger partial charge in [0.05, 0.1) is 17.2 Å². The van der Waals surface area contributed by atoms with E-state index < -0.39 is 42.2 Å². The van der Waals surface area contributed by atoms with E-state index in [4.69, 9.17) is 9.47 Å². The molecule has 1 aromatic rings. The lowest BCUT2D eigenvalue weighted by Crippen LogP contribution is -2.64. The third-order valence-corrected chi connectivity index (χ3v) is 7.04. The molecule has 1 aromatic carbocycles. The van der Waals surface area contributed by atoms with Crippen LogP contribution in [0.5, 0.6) is 5.75 Å². The van der Waals surface area contributed by atoms with Crippen LogP contribution in [0.25, 0.3) is 0 Å². The van der Waals surface area contributed by atoms with Gasteiger partial charge in [0.2, 0.25) is 5.91 Å². The topological polar surface area (TPSA) is 174 Å². The van der Waals surface area contributed by atoms with E-state index in [1.165, 1.54) is 63.9 Å². The summed E-state index contributed by atoms with van der Waals surface area (Å²) >= 11 is 0. The van der Waals surface area contributed by atoms with E-state index in [-0.39, 0.29) is 29.5 Å². The van der Waals surface area contributed by atoms with Gasteiger partial charge in [-0.25, -0.2) is 0 Å². The predicted molar refractivity (Wildman–Crippen MR) is 144 cm³/mol. The minimum absolute atomic E-state index is 0.0259. The molecule has 222 valence electrons. The first-order valence-electron chi connectivity index (χ1n) is 14.3. The summed E-state index contributed by atoms with van der Waals surface area (Å²) in [5.41, 5.74) is -0.319. The van der Waals surface area contributed by atoms with Gasteiger partial charge in [-0.05, 0) is 12.5 Å². The zero-order valence-corrected chi connectivity index (χ0v) is 23.0. The number of nitrogens with one attached hydrogen (secondary N) is 1. The van der Waals surface area contributed by atoms with E-state index in [1.54, 1.807) is 0 Å². The van der Waals surface area contributed by atoms with Crippen molar-refractivity contribution in [3.8, 4) is 5.75 Å². The highest BCUT2D eigenvalue weighted by molar-refractivity contribution is 5.92. The molecule has 0 aromatic heterocycles. The van der Waals surface area contributed by atoms with Gasteiger partial charge in [-0.1, -0.05) is 84.0 Å². The van der Waals surface area contributed by atoms with E-state index in [2.05, 4.69) is 12.2 Å². The molecule has 0 aliphatic carbocycles. The molecule has 1 aliphatic heterocycles. The maximum atomic E-state index is 12.6. The van der Waals surface area contributed by atoms with Crippen LogP contribution in [-0.4, -0.2) is 63.5 Å². The lowest BCUT2D eigenvalue weighted by Gasteiger charge is -2.45. The van der Waals surface area contributed by atoms with Crippen LogP contribution < -0.4 is 15.2 Å². The van der Waals surface area contributed by atoms with Crippen molar-refractivity contribution in [1.82, 2.24) is 0 Å². The second-order valence-electron chi connectivity index (χ2n) is 10.3. The Bertz CT molecular complexity index is 869. The van der Waals surface area contributed by atoms with E-state index in [0.29, 0.717) is 6.42 Å². The number of rotatable bonds is 19. The van der Waals surface area contributed by atoms with Crippen LogP contribution in [0, 0.1) is 10.1 Å². The average molecular weight is 554 g/mol. The van der Waals surface area contributed by atoms with Crippen molar-refractivity contribution in [3.05, 3.63) is 28.3 Å². The molecule has 39 heavy (non-hydrogen) atoms. The van der Waals surface area contributed by atoms with E-state index in [9.17, 15) is 35.3 Å². The van der Waals surface area contributed by atoms with Crippen LogP contribution >= 0.6 is 0 Å². The highest BCUT2D eigenvalue weighted by Crippen LogP contribution is 2.32. The Kier molecular flexibility index (Phi) is 15.3. The second kappa shape index (κ2) is 18.1. The summed E-state index contributed by atoms with van der Waals surface area (Å²) in [4.78, 5) is 23.2. The van der Waals surface area contributed by atoms with E-state index in [0.717, 1.165) is 31.4 Å². The SMILES string of the molecule is CCCCCCCCCCCCCCCC(=O)Nc1cc([N+](=O)[O-])ccc1O[C@H]1C([O-])O[C@H](CO)[C@@H](O)[C@@H]1O. The first-order chi connectivity index (χ1) is 18.8. The Morgan fingerprint density at radius 3 is 2.08 bits per heavy atom. The monoisotopic (exact) mass is 553 g/mol. The number of unbranched alkanes of at least 4 members (excludes halogenated alkanes) is 12. The Hall–Kier alpha value is -2.31. The number of nitrogens with zero attached hydrogens (tertiary/aromatic N) is 1. The summed E-state index contributed by atoms with van der Waals surface area (Å²) in [6, 6.07) is 3.46. The molecule has 11 heteroatoms. The standard InChI is InChI=1S/C28H45N2O9/c1-2-3-4-5-6-7-8-9-10-11-12-13-14-15-24(32)29-21-18-20(30(36)37)16-17-22(21)38-27-26(34)25(33)23(19-31)39-28(27)35/h16-18,23,25-28,31,33-34H,2-15,19H2,1H3,(H,29,32)/q-1/t23-,25-,26+,27-,28?/m1/s1. The molecule has 0 bridgehead atoms. The van der Waals surface area contributed by atoms with Crippen molar-refractivity contribution < 1.29 is 39.6 Å². The Balaban J connectivity index is 1.78. The molecule has 11 nitrogen and oxygen atoms in total. The maximum Gasteiger partial charge on any atom is 0.271 e. The number of non-ortho nitro benzene ring substituents is 1. The van der Waals surface area contributed by atoms with Crippen LogP contribution in [0.2, 0.25) is 0 Å². The quantitative estimate of drug-likeness (QED) is 0.113. The second-order valence-corrected chi connectivity index (χ2v) is 10.3. The van der Waals surface area contributed by atoms with Crippen LogP contribution in [-0.2, 0) is 9.53 Å². The van der Waals surface area contributed by atoms with Crippen molar-refractivity contribution >= 4 is 17.3 Å². The number of hydrogen-bond donors (Lipinski definition) is 4.